The number of hydrogen-bond acceptors (Lipinski definition) is 2. The lowest BCUT2D eigenvalue weighted by molar-refractivity contribution is -0.126. The van der Waals surface area contributed by atoms with Crippen LogP contribution in [0.25, 0.3) is 0 Å². The molecule has 0 rings (SSSR count). The Bertz CT molecular complexity index is 280. The zero-order chi connectivity index (χ0) is 15.9. The van der Waals surface area contributed by atoms with Crippen molar-refractivity contribution in [3.63, 3.8) is 0 Å². The molecule has 0 saturated carbocycles. The first-order valence-electron chi connectivity index (χ1n) is 8.63. The number of carbonyl (C=O) groups is 2. The molecule has 4 nitrogen and oxygen atoms in total. The van der Waals surface area contributed by atoms with Crippen LogP contribution in [-0.2, 0) is 9.59 Å². The molecule has 21 heavy (non-hydrogen) atoms. The Morgan fingerprint density at radius 3 is 1.86 bits per heavy atom. The van der Waals surface area contributed by atoms with Crippen LogP contribution in [0.5, 0.6) is 0 Å². The Morgan fingerprint density at radius 2 is 1.38 bits per heavy atom. The van der Waals surface area contributed by atoms with Crippen molar-refractivity contribution in [1.82, 2.24) is 10.6 Å². The molecule has 0 aliphatic rings. The molecule has 0 aliphatic carbocycles. The van der Waals surface area contributed by atoms with Crippen LogP contribution in [0.1, 0.15) is 78.6 Å². The summed E-state index contributed by atoms with van der Waals surface area (Å²) in [4.78, 5) is 23.1. The normalized spacial score (nSPS) is 12.0. The largest absolute Gasteiger partial charge is 0.356 e. The maximum Gasteiger partial charge on any atom is 0.220 e. The lowest BCUT2D eigenvalue weighted by atomic mass is 10.0. The second kappa shape index (κ2) is 13.9. The molecule has 124 valence electrons. The smallest absolute Gasteiger partial charge is 0.220 e. The number of carbonyl (C=O) groups excluding carboxylic acids is 2. The van der Waals surface area contributed by atoms with Gasteiger partial charge in [0.1, 0.15) is 0 Å². The summed E-state index contributed by atoms with van der Waals surface area (Å²) in [5, 5.41) is 5.74. The second-order valence-electron chi connectivity index (χ2n) is 5.92. The van der Waals surface area contributed by atoms with E-state index in [1.165, 1.54) is 12.8 Å². The van der Waals surface area contributed by atoms with Crippen molar-refractivity contribution in [3.8, 4) is 0 Å². The molecule has 0 fully saturated rings. The Labute approximate surface area is 130 Å². The molecule has 0 saturated heterocycles. The van der Waals surface area contributed by atoms with E-state index in [-0.39, 0.29) is 11.8 Å². The molecular weight excluding hydrogens is 264 g/mol. The highest BCUT2D eigenvalue weighted by Crippen LogP contribution is 2.10. The predicted octanol–water partition coefficient (Wildman–Crippen LogP) is 3.41. The van der Waals surface area contributed by atoms with Gasteiger partial charge in [-0.05, 0) is 18.8 Å². The van der Waals surface area contributed by atoms with Crippen LogP contribution >= 0.6 is 0 Å². The first-order chi connectivity index (χ1) is 10.1. The summed E-state index contributed by atoms with van der Waals surface area (Å²) in [5.74, 6) is 0.748. The topological polar surface area (TPSA) is 58.2 Å². The van der Waals surface area contributed by atoms with Gasteiger partial charge in [-0.1, -0.05) is 52.9 Å². The van der Waals surface area contributed by atoms with E-state index in [0.717, 1.165) is 51.1 Å². The van der Waals surface area contributed by atoms with Crippen LogP contribution in [0.2, 0.25) is 0 Å². The van der Waals surface area contributed by atoms with Gasteiger partial charge in [-0.25, -0.2) is 0 Å². The van der Waals surface area contributed by atoms with E-state index in [1.807, 2.05) is 0 Å². The third-order valence-corrected chi connectivity index (χ3v) is 3.82. The molecule has 0 aromatic heterocycles. The fourth-order valence-corrected chi connectivity index (χ4v) is 2.06. The predicted molar refractivity (Wildman–Crippen MR) is 88.1 cm³/mol. The Balaban J connectivity index is 3.43. The number of nitrogens with one attached hydrogen (secondary N) is 2. The summed E-state index contributed by atoms with van der Waals surface area (Å²) in [7, 11) is 0. The third kappa shape index (κ3) is 13.7. The molecule has 0 spiro atoms. The average molecular weight is 298 g/mol. The highest BCUT2D eigenvalue weighted by molar-refractivity contribution is 5.83. The van der Waals surface area contributed by atoms with Crippen molar-refractivity contribution in [1.29, 1.82) is 0 Å². The lowest BCUT2D eigenvalue weighted by Gasteiger charge is -2.08. The van der Waals surface area contributed by atoms with Gasteiger partial charge >= 0.3 is 0 Å². The fourth-order valence-electron chi connectivity index (χ4n) is 2.06. The van der Waals surface area contributed by atoms with Gasteiger partial charge in [-0.2, -0.15) is 0 Å². The second-order valence-corrected chi connectivity index (χ2v) is 5.92. The summed E-state index contributed by atoms with van der Waals surface area (Å²) < 4.78 is 0. The van der Waals surface area contributed by atoms with E-state index in [4.69, 9.17) is 0 Å². The molecule has 4 heteroatoms. The first-order valence-corrected chi connectivity index (χ1v) is 8.63. The molecule has 2 amide bonds. The van der Waals surface area contributed by atoms with E-state index < -0.39 is 0 Å². The Morgan fingerprint density at radius 1 is 0.857 bits per heavy atom. The van der Waals surface area contributed by atoms with Gasteiger partial charge in [-0.3, -0.25) is 9.59 Å². The van der Waals surface area contributed by atoms with Crippen LogP contribution < -0.4 is 10.6 Å². The van der Waals surface area contributed by atoms with E-state index in [2.05, 4.69) is 31.4 Å². The number of rotatable bonds is 13. The van der Waals surface area contributed by atoms with Crippen molar-refractivity contribution in [2.24, 2.45) is 5.92 Å². The maximum atomic E-state index is 11.6. The highest BCUT2D eigenvalue weighted by Gasteiger charge is 2.06. The quantitative estimate of drug-likeness (QED) is 0.512. The van der Waals surface area contributed by atoms with Gasteiger partial charge in [0, 0.05) is 25.9 Å². The Hall–Kier alpha value is -1.06. The fraction of sp³-hybridized carbons (Fsp3) is 0.882. The minimum atomic E-state index is -0.0157. The van der Waals surface area contributed by atoms with Crippen LogP contribution in [0.15, 0.2) is 0 Å². The van der Waals surface area contributed by atoms with E-state index in [9.17, 15) is 9.59 Å². The molecule has 0 aromatic rings. The average Bonchev–Trinajstić information content (AvgIpc) is 2.48. The van der Waals surface area contributed by atoms with Crippen LogP contribution in [0.4, 0.5) is 0 Å². The van der Waals surface area contributed by atoms with Crippen LogP contribution in [-0.4, -0.2) is 24.9 Å². The third-order valence-electron chi connectivity index (χ3n) is 3.82. The molecule has 0 aliphatic heterocycles. The minimum absolute atomic E-state index is 0.0118. The van der Waals surface area contributed by atoms with Crippen molar-refractivity contribution >= 4 is 11.8 Å². The molecule has 0 bridgehead atoms. The molecule has 2 N–H and O–H groups in total. The summed E-state index contributed by atoms with van der Waals surface area (Å²) in [6.07, 6.45) is 8.53. The standard InChI is InChI=1S/C17H34N2O2/c1-4-6-8-13-18-16(20)11-12-17(21)19-14-9-7-10-15(3)5-2/h15H,4-14H2,1-3H3,(H,18,20)(H,19,21). The minimum Gasteiger partial charge on any atom is -0.356 e. The zero-order valence-corrected chi connectivity index (χ0v) is 14.2. The van der Waals surface area contributed by atoms with E-state index >= 15 is 0 Å². The SMILES string of the molecule is CCCCCNC(=O)CCC(=O)NCCCCC(C)CC. The van der Waals surface area contributed by atoms with Crippen molar-refractivity contribution < 1.29 is 9.59 Å². The highest BCUT2D eigenvalue weighted by atomic mass is 16.2. The van der Waals surface area contributed by atoms with Crippen LogP contribution in [0.3, 0.4) is 0 Å². The maximum absolute atomic E-state index is 11.6. The monoisotopic (exact) mass is 298 g/mol. The van der Waals surface area contributed by atoms with Gasteiger partial charge in [-0.15, -0.1) is 0 Å². The molecule has 1 unspecified atom stereocenters. The number of amides is 2. The van der Waals surface area contributed by atoms with Crippen molar-refractivity contribution in [3.05, 3.63) is 0 Å². The molecule has 0 aromatic carbocycles. The van der Waals surface area contributed by atoms with Crippen molar-refractivity contribution in [2.75, 3.05) is 13.1 Å². The van der Waals surface area contributed by atoms with E-state index in [1.54, 1.807) is 0 Å². The summed E-state index contributed by atoms with van der Waals surface area (Å²) in [6, 6.07) is 0. The number of unbranched alkanes of at least 4 members (excludes halogenated alkanes) is 3. The Kier molecular flexibility index (Phi) is 13.2. The summed E-state index contributed by atoms with van der Waals surface area (Å²) in [6.45, 7) is 8.06. The van der Waals surface area contributed by atoms with Gasteiger partial charge in [0.2, 0.25) is 11.8 Å². The molecule has 0 radical (unpaired) electrons. The van der Waals surface area contributed by atoms with Gasteiger partial charge in [0.25, 0.3) is 0 Å². The molecule has 1 atom stereocenters. The van der Waals surface area contributed by atoms with Crippen molar-refractivity contribution in [2.45, 2.75) is 78.6 Å². The summed E-state index contributed by atoms with van der Waals surface area (Å²) >= 11 is 0. The van der Waals surface area contributed by atoms with Gasteiger partial charge in [0.15, 0.2) is 0 Å². The van der Waals surface area contributed by atoms with Gasteiger partial charge < -0.3 is 10.6 Å². The molecule has 0 heterocycles. The van der Waals surface area contributed by atoms with Crippen LogP contribution in [0, 0.1) is 5.92 Å². The first kappa shape index (κ1) is 19.9. The van der Waals surface area contributed by atoms with E-state index in [0.29, 0.717) is 12.8 Å². The zero-order valence-electron chi connectivity index (χ0n) is 14.2. The van der Waals surface area contributed by atoms with Gasteiger partial charge in [0.05, 0.1) is 0 Å². The molecular formula is C17H34N2O2. The summed E-state index contributed by atoms with van der Waals surface area (Å²) in [5.41, 5.74) is 0. The lowest BCUT2D eigenvalue weighted by Crippen LogP contribution is -2.28. The number of hydrogen-bond donors (Lipinski definition) is 2.